The molecule has 1 aromatic rings. The Labute approximate surface area is 92.3 Å². The maximum absolute atomic E-state index is 11.9. The van der Waals surface area contributed by atoms with Crippen molar-refractivity contribution in [1.29, 1.82) is 0 Å². The van der Waals surface area contributed by atoms with E-state index in [2.05, 4.69) is 14.7 Å². The van der Waals surface area contributed by atoms with E-state index in [0.29, 0.717) is 17.5 Å². The molecule has 0 unspecified atom stereocenters. The smallest absolute Gasteiger partial charge is 0.233 e. The third kappa shape index (κ3) is 1.87. The minimum atomic E-state index is -0.348. The standard InChI is InChI=1S/C9H14N4OS/c1-6-11-8(15-13-6)12-7(14)9(5-10)3-2-4-9/h2-5,10H2,1H3,(H,11,12,13,14). The van der Waals surface area contributed by atoms with Gasteiger partial charge in [0.25, 0.3) is 0 Å². The maximum atomic E-state index is 11.9. The Kier molecular flexibility index (Phi) is 2.70. The van der Waals surface area contributed by atoms with Crippen LogP contribution in [0.15, 0.2) is 0 Å². The summed E-state index contributed by atoms with van der Waals surface area (Å²) in [7, 11) is 0. The molecule has 0 bridgehead atoms. The number of nitrogens with one attached hydrogen (secondary N) is 1. The third-order valence-electron chi connectivity index (χ3n) is 2.93. The molecule has 0 atom stereocenters. The number of carbonyl (C=O) groups is 1. The average Bonchev–Trinajstić information content (AvgIpc) is 2.50. The molecule has 1 amide bonds. The van der Waals surface area contributed by atoms with E-state index in [1.807, 2.05) is 0 Å². The van der Waals surface area contributed by atoms with Crippen LogP contribution in [0.4, 0.5) is 5.13 Å². The van der Waals surface area contributed by atoms with E-state index in [9.17, 15) is 4.79 Å². The van der Waals surface area contributed by atoms with Crippen LogP contribution in [0, 0.1) is 12.3 Å². The highest BCUT2D eigenvalue weighted by atomic mass is 32.1. The van der Waals surface area contributed by atoms with Gasteiger partial charge in [-0.2, -0.15) is 4.37 Å². The summed E-state index contributed by atoms with van der Waals surface area (Å²) in [5.74, 6) is 0.679. The van der Waals surface area contributed by atoms with Gasteiger partial charge in [0.2, 0.25) is 11.0 Å². The van der Waals surface area contributed by atoms with Crippen LogP contribution in [-0.2, 0) is 4.79 Å². The quantitative estimate of drug-likeness (QED) is 0.803. The highest BCUT2D eigenvalue weighted by Gasteiger charge is 2.43. The number of nitrogens with zero attached hydrogens (tertiary/aromatic N) is 2. The zero-order valence-electron chi connectivity index (χ0n) is 8.62. The number of anilines is 1. The van der Waals surface area contributed by atoms with Gasteiger partial charge in [-0.1, -0.05) is 6.42 Å². The van der Waals surface area contributed by atoms with Crippen LogP contribution in [-0.4, -0.2) is 21.8 Å². The summed E-state index contributed by atoms with van der Waals surface area (Å²) >= 11 is 1.21. The zero-order valence-corrected chi connectivity index (χ0v) is 9.43. The molecule has 0 aliphatic heterocycles. The Morgan fingerprint density at radius 2 is 2.40 bits per heavy atom. The van der Waals surface area contributed by atoms with Crippen molar-refractivity contribution >= 4 is 22.6 Å². The first-order chi connectivity index (χ1) is 7.16. The predicted molar refractivity (Wildman–Crippen MR) is 58.6 cm³/mol. The van der Waals surface area contributed by atoms with Crippen molar-refractivity contribution in [1.82, 2.24) is 9.36 Å². The van der Waals surface area contributed by atoms with Crippen molar-refractivity contribution in [2.45, 2.75) is 26.2 Å². The Morgan fingerprint density at radius 3 is 2.80 bits per heavy atom. The van der Waals surface area contributed by atoms with Crippen LogP contribution in [0.2, 0.25) is 0 Å². The molecule has 1 aliphatic carbocycles. The van der Waals surface area contributed by atoms with Crippen LogP contribution in [0.3, 0.4) is 0 Å². The van der Waals surface area contributed by atoms with Crippen molar-refractivity contribution in [3.8, 4) is 0 Å². The fourth-order valence-corrected chi connectivity index (χ4v) is 2.28. The molecular weight excluding hydrogens is 212 g/mol. The van der Waals surface area contributed by atoms with E-state index in [1.165, 1.54) is 11.5 Å². The van der Waals surface area contributed by atoms with Crippen LogP contribution in [0.25, 0.3) is 0 Å². The topological polar surface area (TPSA) is 80.9 Å². The van der Waals surface area contributed by atoms with Crippen LogP contribution in [0.1, 0.15) is 25.1 Å². The molecule has 0 aromatic carbocycles. The van der Waals surface area contributed by atoms with Crippen molar-refractivity contribution in [3.63, 3.8) is 0 Å². The van der Waals surface area contributed by atoms with Gasteiger partial charge in [-0.25, -0.2) is 4.98 Å². The van der Waals surface area contributed by atoms with Gasteiger partial charge in [-0.05, 0) is 19.8 Å². The van der Waals surface area contributed by atoms with Gasteiger partial charge in [0, 0.05) is 18.1 Å². The monoisotopic (exact) mass is 226 g/mol. The molecule has 82 valence electrons. The molecule has 1 heterocycles. The molecule has 0 radical (unpaired) electrons. The minimum absolute atomic E-state index is 0.00704. The summed E-state index contributed by atoms with van der Waals surface area (Å²) in [6.45, 7) is 2.21. The molecule has 2 rings (SSSR count). The predicted octanol–water partition coefficient (Wildman–Crippen LogP) is 0.914. The van der Waals surface area contributed by atoms with Crippen molar-refractivity contribution in [2.75, 3.05) is 11.9 Å². The van der Waals surface area contributed by atoms with Crippen molar-refractivity contribution in [2.24, 2.45) is 11.1 Å². The molecule has 0 spiro atoms. The van der Waals surface area contributed by atoms with Gasteiger partial charge in [0.05, 0.1) is 5.41 Å². The van der Waals surface area contributed by atoms with Gasteiger partial charge in [-0.3, -0.25) is 4.79 Å². The minimum Gasteiger partial charge on any atom is -0.329 e. The molecule has 1 saturated carbocycles. The Morgan fingerprint density at radius 1 is 1.67 bits per heavy atom. The summed E-state index contributed by atoms with van der Waals surface area (Å²) in [5.41, 5.74) is 5.29. The molecule has 1 fully saturated rings. The number of hydrogen-bond acceptors (Lipinski definition) is 5. The van der Waals surface area contributed by atoms with E-state index in [4.69, 9.17) is 5.73 Å². The SMILES string of the molecule is Cc1nsc(NC(=O)C2(CN)CCC2)n1. The maximum Gasteiger partial charge on any atom is 0.233 e. The molecule has 6 heteroatoms. The first kappa shape index (κ1) is 10.5. The molecular formula is C9H14N4OS. The number of carbonyl (C=O) groups excluding carboxylic acids is 1. The van der Waals surface area contributed by atoms with Crippen LogP contribution in [0.5, 0.6) is 0 Å². The Hall–Kier alpha value is -1.01. The fraction of sp³-hybridized carbons (Fsp3) is 0.667. The van der Waals surface area contributed by atoms with E-state index in [0.717, 1.165) is 19.3 Å². The number of aromatic nitrogens is 2. The summed E-state index contributed by atoms with van der Waals surface area (Å²) < 4.78 is 4.01. The van der Waals surface area contributed by atoms with Crippen LogP contribution >= 0.6 is 11.5 Å². The molecule has 15 heavy (non-hydrogen) atoms. The number of nitrogens with two attached hydrogens (primary N) is 1. The lowest BCUT2D eigenvalue weighted by Gasteiger charge is -2.38. The summed E-state index contributed by atoms with van der Waals surface area (Å²) in [6.07, 6.45) is 2.85. The molecule has 1 aromatic heterocycles. The fourth-order valence-electron chi connectivity index (χ4n) is 1.70. The molecule has 3 N–H and O–H groups in total. The lowest BCUT2D eigenvalue weighted by Crippen LogP contribution is -2.47. The second-order valence-corrected chi connectivity index (χ2v) is 4.69. The average molecular weight is 226 g/mol. The molecule has 5 nitrogen and oxygen atoms in total. The van der Waals surface area contributed by atoms with Gasteiger partial charge < -0.3 is 11.1 Å². The first-order valence-electron chi connectivity index (χ1n) is 4.98. The van der Waals surface area contributed by atoms with E-state index < -0.39 is 0 Å². The largest absolute Gasteiger partial charge is 0.329 e. The lowest BCUT2D eigenvalue weighted by molar-refractivity contribution is -0.129. The summed E-state index contributed by atoms with van der Waals surface area (Å²) in [5, 5.41) is 3.35. The van der Waals surface area contributed by atoms with Gasteiger partial charge >= 0.3 is 0 Å². The second kappa shape index (κ2) is 3.86. The van der Waals surface area contributed by atoms with Crippen molar-refractivity contribution in [3.05, 3.63) is 5.82 Å². The van der Waals surface area contributed by atoms with Gasteiger partial charge in [-0.15, -0.1) is 0 Å². The number of hydrogen-bond donors (Lipinski definition) is 2. The summed E-state index contributed by atoms with van der Waals surface area (Å²) in [4.78, 5) is 16.0. The number of amides is 1. The normalized spacial score (nSPS) is 18.3. The molecule has 1 aliphatic rings. The first-order valence-corrected chi connectivity index (χ1v) is 5.75. The highest BCUT2D eigenvalue weighted by molar-refractivity contribution is 7.09. The van der Waals surface area contributed by atoms with E-state index in [-0.39, 0.29) is 11.3 Å². The van der Waals surface area contributed by atoms with Gasteiger partial charge in [0.15, 0.2) is 0 Å². The summed E-state index contributed by atoms with van der Waals surface area (Å²) in [6, 6.07) is 0. The van der Waals surface area contributed by atoms with Gasteiger partial charge in [0.1, 0.15) is 5.82 Å². The zero-order chi connectivity index (χ0) is 10.9. The Balaban J connectivity index is 2.03. The Bertz CT molecular complexity index is 366. The number of aryl methyl sites for hydroxylation is 1. The third-order valence-corrected chi connectivity index (χ3v) is 3.65. The van der Waals surface area contributed by atoms with Crippen LogP contribution < -0.4 is 11.1 Å². The van der Waals surface area contributed by atoms with E-state index in [1.54, 1.807) is 6.92 Å². The second-order valence-electron chi connectivity index (χ2n) is 3.94. The number of rotatable bonds is 3. The molecule has 0 saturated heterocycles. The van der Waals surface area contributed by atoms with Crippen molar-refractivity contribution < 1.29 is 4.79 Å². The van der Waals surface area contributed by atoms with E-state index >= 15 is 0 Å². The highest BCUT2D eigenvalue weighted by Crippen LogP contribution is 2.40. The lowest BCUT2D eigenvalue weighted by atomic mass is 9.68.